The van der Waals surface area contributed by atoms with Crippen LogP contribution in [-0.2, 0) is 0 Å². The summed E-state index contributed by atoms with van der Waals surface area (Å²) >= 11 is 0. The summed E-state index contributed by atoms with van der Waals surface area (Å²) in [4.78, 5) is 16.3. The van der Waals surface area contributed by atoms with Crippen LogP contribution in [0.1, 0.15) is 13.8 Å². The highest BCUT2D eigenvalue weighted by atomic mass is 16.2. The first-order valence-corrected chi connectivity index (χ1v) is 4.01. The van der Waals surface area contributed by atoms with Gasteiger partial charge in [-0.1, -0.05) is 13.8 Å². The van der Waals surface area contributed by atoms with Crippen LogP contribution in [0.25, 0.3) is 0 Å². The van der Waals surface area contributed by atoms with E-state index in [0.717, 1.165) is 0 Å². The summed E-state index contributed by atoms with van der Waals surface area (Å²) < 4.78 is 0. The molecule has 0 radical (unpaired) electrons. The zero-order valence-electron chi connectivity index (χ0n) is 8.16. The highest BCUT2D eigenvalue weighted by molar-refractivity contribution is 5.85. The van der Waals surface area contributed by atoms with Crippen LogP contribution in [-0.4, -0.2) is 37.9 Å². The molecule has 0 aliphatic rings. The predicted molar refractivity (Wildman–Crippen MR) is 50.4 cm³/mol. The second-order valence-corrected chi connectivity index (χ2v) is 3.06. The van der Waals surface area contributed by atoms with Gasteiger partial charge in [-0.05, 0) is 5.92 Å². The lowest BCUT2D eigenvalue weighted by Crippen LogP contribution is -2.38. The molecule has 0 saturated carbocycles. The van der Waals surface area contributed by atoms with E-state index in [4.69, 9.17) is 0 Å². The first kappa shape index (κ1) is 10.9. The van der Waals surface area contributed by atoms with E-state index < -0.39 is 0 Å². The van der Waals surface area contributed by atoms with Crippen LogP contribution in [0.5, 0.6) is 0 Å². The fourth-order valence-electron chi connectivity index (χ4n) is 0.642. The molecule has 0 aromatic rings. The lowest BCUT2D eigenvalue weighted by Gasteiger charge is -2.13. The number of carbonyl (C=O) groups is 1. The number of hydrogen-bond donors (Lipinski definition) is 1. The summed E-state index contributed by atoms with van der Waals surface area (Å²) in [6.45, 7) is 4.79. The fraction of sp³-hybridized carbons (Fsp3) is 0.750. The third-order valence-corrected chi connectivity index (χ3v) is 1.27. The van der Waals surface area contributed by atoms with Gasteiger partial charge in [0.2, 0.25) is 0 Å². The van der Waals surface area contributed by atoms with E-state index >= 15 is 0 Å². The third kappa shape index (κ3) is 4.71. The molecule has 0 aliphatic heterocycles. The van der Waals surface area contributed by atoms with Crippen LogP contribution in [0.2, 0.25) is 0 Å². The molecule has 70 valence electrons. The van der Waals surface area contributed by atoms with Crippen LogP contribution in [0.3, 0.4) is 0 Å². The molecule has 4 nitrogen and oxygen atoms in total. The highest BCUT2D eigenvalue weighted by Gasteiger charge is 2.04. The minimum absolute atomic E-state index is 0.116. The molecule has 0 bridgehead atoms. The Hall–Kier alpha value is -1.06. The van der Waals surface area contributed by atoms with Gasteiger partial charge in [0.1, 0.15) is 0 Å². The van der Waals surface area contributed by atoms with E-state index in [0.29, 0.717) is 12.5 Å². The number of nitrogens with one attached hydrogen (secondary N) is 1. The molecule has 1 N–H and O–H groups in total. The van der Waals surface area contributed by atoms with Crippen LogP contribution < -0.4 is 5.32 Å². The van der Waals surface area contributed by atoms with Crippen molar-refractivity contribution in [2.75, 3.05) is 20.6 Å². The number of hydrogen-bond acceptors (Lipinski definition) is 2. The van der Waals surface area contributed by atoms with Crippen molar-refractivity contribution in [3.63, 3.8) is 0 Å². The minimum Gasteiger partial charge on any atom is -0.337 e. The van der Waals surface area contributed by atoms with E-state index in [9.17, 15) is 4.79 Å². The quantitative estimate of drug-likeness (QED) is 0.498. The average Bonchev–Trinajstić information content (AvgIpc) is 2.00. The van der Waals surface area contributed by atoms with Crippen molar-refractivity contribution in [3.8, 4) is 0 Å². The summed E-state index contributed by atoms with van der Waals surface area (Å²) in [5, 5.41) is 2.76. The SMILES string of the molecule is C/N=C/N(C)C(=O)NCC(C)C. The lowest BCUT2D eigenvalue weighted by atomic mass is 10.2. The van der Waals surface area contributed by atoms with Crippen molar-refractivity contribution >= 4 is 12.4 Å². The molecule has 0 heterocycles. The predicted octanol–water partition coefficient (Wildman–Crippen LogP) is 0.942. The fourth-order valence-corrected chi connectivity index (χ4v) is 0.642. The Morgan fingerprint density at radius 1 is 1.67 bits per heavy atom. The Kier molecular flexibility index (Phi) is 5.08. The number of amides is 2. The molecule has 4 heteroatoms. The number of nitrogens with zero attached hydrogens (tertiary/aromatic N) is 2. The molecule has 0 atom stereocenters. The first-order chi connectivity index (χ1) is 5.57. The molecular formula is C8H17N3O. The number of urea groups is 1. The number of carbonyl (C=O) groups excluding carboxylic acids is 1. The van der Waals surface area contributed by atoms with Crippen LogP contribution in [0.4, 0.5) is 4.79 Å². The molecule has 0 saturated heterocycles. The monoisotopic (exact) mass is 171 g/mol. The van der Waals surface area contributed by atoms with E-state index in [1.54, 1.807) is 14.1 Å². The van der Waals surface area contributed by atoms with Crippen molar-refractivity contribution in [3.05, 3.63) is 0 Å². The van der Waals surface area contributed by atoms with Gasteiger partial charge in [-0.25, -0.2) is 4.79 Å². The highest BCUT2D eigenvalue weighted by Crippen LogP contribution is 1.88. The molecule has 0 spiro atoms. The van der Waals surface area contributed by atoms with Crippen LogP contribution >= 0.6 is 0 Å². The van der Waals surface area contributed by atoms with Gasteiger partial charge in [0.15, 0.2) is 0 Å². The minimum atomic E-state index is -0.116. The third-order valence-electron chi connectivity index (χ3n) is 1.27. The zero-order chi connectivity index (χ0) is 9.56. The second kappa shape index (κ2) is 5.57. The summed E-state index contributed by atoms with van der Waals surface area (Å²) in [6, 6.07) is -0.116. The number of aliphatic imine (C=N–C) groups is 1. The molecule has 0 unspecified atom stereocenters. The normalized spacial score (nSPS) is 10.8. The van der Waals surface area contributed by atoms with E-state index in [-0.39, 0.29) is 6.03 Å². The van der Waals surface area contributed by atoms with Crippen LogP contribution in [0, 0.1) is 5.92 Å². The summed E-state index contributed by atoms with van der Waals surface area (Å²) in [5.74, 6) is 0.473. The van der Waals surface area contributed by atoms with Gasteiger partial charge in [0.25, 0.3) is 0 Å². The van der Waals surface area contributed by atoms with Crippen molar-refractivity contribution in [2.45, 2.75) is 13.8 Å². The molecule has 0 rings (SSSR count). The summed E-state index contributed by atoms with van der Waals surface area (Å²) in [7, 11) is 3.30. The lowest BCUT2D eigenvalue weighted by molar-refractivity contribution is 0.226. The van der Waals surface area contributed by atoms with Crippen molar-refractivity contribution in [1.82, 2.24) is 10.2 Å². The average molecular weight is 171 g/mol. The van der Waals surface area contributed by atoms with Gasteiger partial charge >= 0.3 is 6.03 Å². The van der Waals surface area contributed by atoms with Crippen molar-refractivity contribution in [1.29, 1.82) is 0 Å². The maximum absolute atomic E-state index is 11.2. The van der Waals surface area contributed by atoms with E-state index in [2.05, 4.69) is 10.3 Å². The summed E-state index contributed by atoms with van der Waals surface area (Å²) in [5.41, 5.74) is 0. The Morgan fingerprint density at radius 3 is 2.67 bits per heavy atom. The topological polar surface area (TPSA) is 44.7 Å². The molecule has 0 aliphatic carbocycles. The van der Waals surface area contributed by atoms with Gasteiger partial charge in [-0.2, -0.15) is 0 Å². The Morgan fingerprint density at radius 2 is 2.25 bits per heavy atom. The van der Waals surface area contributed by atoms with E-state index in [1.807, 2.05) is 13.8 Å². The van der Waals surface area contributed by atoms with Gasteiger partial charge in [0, 0.05) is 20.6 Å². The number of rotatable bonds is 3. The molecule has 12 heavy (non-hydrogen) atoms. The largest absolute Gasteiger partial charge is 0.337 e. The molecule has 0 aromatic carbocycles. The van der Waals surface area contributed by atoms with Gasteiger partial charge in [0.05, 0.1) is 6.34 Å². The standard InChI is InChI=1S/C8H17N3O/c1-7(2)5-10-8(12)11(4)6-9-3/h6-7H,5H2,1-4H3,(H,10,12)/b9-6+. The Labute approximate surface area is 73.7 Å². The maximum atomic E-state index is 11.2. The Bertz CT molecular complexity index is 166. The van der Waals surface area contributed by atoms with Gasteiger partial charge < -0.3 is 5.32 Å². The summed E-state index contributed by atoms with van der Waals surface area (Å²) in [6.07, 6.45) is 1.48. The van der Waals surface area contributed by atoms with Gasteiger partial charge in [-0.3, -0.25) is 9.89 Å². The molecule has 2 amide bonds. The van der Waals surface area contributed by atoms with Crippen molar-refractivity contribution in [2.24, 2.45) is 10.9 Å². The van der Waals surface area contributed by atoms with Crippen LogP contribution in [0.15, 0.2) is 4.99 Å². The van der Waals surface area contributed by atoms with Gasteiger partial charge in [-0.15, -0.1) is 0 Å². The molecular weight excluding hydrogens is 154 g/mol. The van der Waals surface area contributed by atoms with Crippen molar-refractivity contribution < 1.29 is 4.79 Å². The zero-order valence-corrected chi connectivity index (χ0v) is 8.16. The Balaban J connectivity index is 3.72. The molecule has 0 fully saturated rings. The van der Waals surface area contributed by atoms with E-state index in [1.165, 1.54) is 11.2 Å². The molecule has 0 aromatic heterocycles. The first-order valence-electron chi connectivity index (χ1n) is 4.01. The maximum Gasteiger partial charge on any atom is 0.322 e. The second-order valence-electron chi connectivity index (χ2n) is 3.06. The smallest absolute Gasteiger partial charge is 0.322 e.